The lowest BCUT2D eigenvalue weighted by Crippen LogP contribution is -2.17. The van der Waals surface area contributed by atoms with Crippen LogP contribution in [0.15, 0.2) is 155 Å². The lowest BCUT2D eigenvalue weighted by Gasteiger charge is -2.13. The Morgan fingerprint density at radius 2 is 0.924 bits per heavy atom. The summed E-state index contributed by atoms with van der Waals surface area (Å²) in [7, 11) is -6.76. The third kappa shape index (κ3) is 14.5. The first-order valence-electron chi connectivity index (χ1n) is 19.7. The molecule has 0 bridgehead atoms. The molecule has 6 rings (SSSR count). The van der Waals surface area contributed by atoms with E-state index in [1.165, 1.54) is 49.6 Å². The molecule has 0 atom stereocenters. The summed E-state index contributed by atoms with van der Waals surface area (Å²) in [5, 5.41) is 27.1. The molecule has 6 aromatic rings. The van der Waals surface area contributed by atoms with Crippen LogP contribution in [0.2, 0.25) is 0 Å². The normalized spacial score (nSPS) is 10.8. The van der Waals surface area contributed by atoms with E-state index in [1.54, 1.807) is 103 Å². The minimum absolute atomic E-state index is 0.0601. The summed E-state index contributed by atoms with van der Waals surface area (Å²) in [4.78, 5) is 33.5. The van der Waals surface area contributed by atoms with Gasteiger partial charge in [0.05, 0.1) is 31.1 Å². The van der Waals surface area contributed by atoms with E-state index in [9.17, 15) is 31.2 Å². The number of aliphatic carboxylic acids is 2. The van der Waals surface area contributed by atoms with Crippen molar-refractivity contribution in [2.24, 2.45) is 0 Å². The Morgan fingerprint density at radius 1 is 0.530 bits per heavy atom. The Bertz CT molecular complexity index is 2890. The SMILES string of the molecule is COC(=O)c1ccccc1S(=O)(=O)Nc1ccc(OCCOc2ccccc2CC(=O)O)cc1.N#Cc1ccccc1S(=O)(=O)Nc1ccc(OCCOc2ccccc2CC(=O)O)cc1. The van der Waals surface area contributed by atoms with Crippen molar-refractivity contribution in [3.8, 4) is 29.1 Å². The van der Waals surface area contributed by atoms with Crippen LogP contribution in [0.25, 0.3) is 0 Å². The van der Waals surface area contributed by atoms with Gasteiger partial charge in [-0.3, -0.25) is 19.0 Å². The Labute approximate surface area is 380 Å². The molecule has 0 aliphatic rings. The number of carboxylic acids is 2. The number of nitrogens with zero attached hydrogens (tertiary/aromatic N) is 1. The number of methoxy groups -OCH3 is 1. The Morgan fingerprint density at radius 3 is 1.38 bits per heavy atom. The van der Waals surface area contributed by atoms with Gasteiger partial charge in [-0.15, -0.1) is 0 Å². The highest BCUT2D eigenvalue weighted by Gasteiger charge is 2.23. The molecule has 0 saturated heterocycles. The molecule has 0 aliphatic carbocycles. The van der Waals surface area contributed by atoms with Gasteiger partial charge in [0.15, 0.2) is 0 Å². The van der Waals surface area contributed by atoms with Gasteiger partial charge in [-0.05, 0) is 84.9 Å². The molecule has 0 radical (unpaired) electrons. The average molecular weight is 938 g/mol. The number of benzene rings is 6. The largest absolute Gasteiger partial charge is 0.490 e. The second kappa shape index (κ2) is 23.6. The van der Waals surface area contributed by atoms with E-state index in [1.807, 2.05) is 6.07 Å². The number of rotatable bonds is 21. The summed E-state index contributed by atoms with van der Waals surface area (Å²) in [5.74, 6) is -0.682. The number of sulfonamides is 2. The Hall–Kier alpha value is -8.08. The first kappa shape index (κ1) is 48.9. The summed E-state index contributed by atoms with van der Waals surface area (Å²) < 4.78 is 82.6. The molecular weight excluding hydrogens is 895 g/mol. The highest BCUT2D eigenvalue weighted by atomic mass is 32.2. The van der Waals surface area contributed by atoms with Gasteiger partial charge in [0, 0.05) is 22.5 Å². The summed E-state index contributed by atoms with van der Waals surface area (Å²) in [6.45, 7) is 0.798. The fourth-order valence-electron chi connectivity index (χ4n) is 5.96. The standard InChI is InChI=1S/C24H23NO8S.C23H20N2O6S/c1-31-24(28)20-7-3-5-9-22(20)34(29,30)25-18-10-12-19(13-11-18)32-14-15-33-21-8-4-2-6-17(21)16-23(26)27;24-16-18-6-2-4-8-22(18)32(28,29)25-19-9-11-20(12-10-19)30-13-14-31-21-7-3-1-5-17(21)15-23(26)27/h2-13,25H,14-16H2,1H3,(H,26,27);1-12,25H,13-15H2,(H,26,27). The molecule has 0 aliphatic heterocycles. The minimum atomic E-state index is -4.03. The molecule has 0 fully saturated rings. The molecule has 4 N–H and O–H groups in total. The Balaban J connectivity index is 0.000000248. The zero-order chi connectivity index (χ0) is 47.5. The number of ether oxygens (including phenoxy) is 5. The number of esters is 1. The molecule has 0 unspecified atom stereocenters. The number of carbonyl (C=O) groups is 3. The fourth-order valence-corrected chi connectivity index (χ4v) is 8.43. The van der Waals surface area contributed by atoms with E-state index in [4.69, 9.17) is 34.4 Å². The van der Waals surface area contributed by atoms with Gasteiger partial charge >= 0.3 is 17.9 Å². The lowest BCUT2D eigenvalue weighted by molar-refractivity contribution is -0.137. The van der Waals surface area contributed by atoms with E-state index in [0.29, 0.717) is 39.8 Å². The third-order valence-electron chi connectivity index (χ3n) is 8.94. The maximum absolute atomic E-state index is 12.8. The molecule has 6 aromatic carbocycles. The van der Waals surface area contributed by atoms with Crippen LogP contribution < -0.4 is 28.4 Å². The van der Waals surface area contributed by atoms with Crippen molar-refractivity contribution >= 4 is 49.3 Å². The number of nitriles is 1. The maximum Gasteiger partial charge on any atom is 0.339 e. The van der Waals surface area contributed by atoms with Crippen LogP contribution >= 0.6 is 0 Å². The van der Waals surface area contributed by atoms with Gasteiger partial charge in [0.2, 0.25) is 0 Å². The van der Waals surface area contributed by atoms with Crippen molar-refractivity contribution in [2.45, 2.75) is 22.6 Å². The Kier molecular flexibility index (Phi) is 17.5. The molecule has 19 heteroatoms. The van der Waals surface area contributed by atoms with Gasteiger partial charge in [-0.2, -0.15) is 5.26 Å². The van der Waals surface area contributed by atoms with Crippen LogP contribution in [-0.2, 0) is 47.2 Å². The van der Waals surface area contributed by atoms with E-state index in [0.717, 1.165) is 0 Å². The second-order valence-corrected chi connectivity index (χ2v) is 16.9. The smallest absolute Gasteiger partial charge is 0.339 e. The van der Waals surface area contributed by atoms with Crippen molar-refractivity contribution in [3.63, 3.8) is 0 Å². The van der Waals surface area contributed by atoms with Crippen LogP contribution in [0.3, 0.4) is 0 Å². The van der Waals surface area contributed by atoms with Crippen LogP contribution in [0, 0.1) is 11.3 Å². The first-order valence-corrected chi connectivity index (χ1v) is 22.7. The van der Waals surface area contributed by atoms with Gasteiger partial charge in [0.1, 0.15) is 65.3 Å². The molecule has 17 nitrogen and oxygen atoms in total. The number of carboxylic acid groups (broad SMARTS) is 2. The highest BCUT2D eigenvalue weighted by Crippen LogP contribution is 2.25. The number of carbonyl (C=O) groups excluding carboxylic acids is 1. The topological polar surface area (TPSA) is 254 Å². The van der Waals surface area contributed by atoms with Crippen LogP contribution in [0.5, 0.6) is 23.0 Å². The number of hydrogen-bond donors (Lipinski definition) is 4. The van der Waals surface area contributed by atoms with Gasteiger partial charge in [-0.1, -0.05) is 60.7 Å². The van der Waals surface area contributed by atoms with Gasteiger partial charge in [-0.25, -0.2) is 21.6 Å². The zero-order valence-electron chi connectivity index (χ0n) is 35.2. The molecule has 0 spiro atoms. The third-order valence-corrected chi connectivity index (χ3v) is 11.8. The molecule has 0 amide bonds. The molecule has 342 valence electrons. The first-order chi connectivity index (χ1) is 31.7. The summed E-state index contributed by atoms with van der Waals surface area (Å²) >= 11 is 0. The van der Waals surface area contributed by atoms with Crippen molar-refractivity contribution in [1.82, 2.24) is 0 Å². The number of para-hydroxylation sites is 2. The van der Waals surface area contributed by atoms with E-state index < -0.39 is 38.0 Å². The van der Waals surface area contributed by atoms with E-state index in [-0.39, 0.29) is 65.9 Å². The monoisotopic (exact) mass is 937 g/mol. The van der Waals surface area contributed by atoms with Crippen molar-refractivity contribution < 1.29 is 65.1 Å². The lowest BCUT2D eigenvalue weighted by atomic mass is 10.1. The van der Waals surface area contributed by atoms with E-state index in [2.05, 4.69) is 14.2 Å². The summed E-state index contributed by atoms with van der Waals surface area (Å²) in [5.41, 5.74) is 1.75. The molecular formula is C47H43N3O14S2. The predicted molar refractivity (Wildman–Crippen MR) is 241 cm³/mol. The fraction of sp³-hybridized carbons (Fsp3) is 0.149. The van der Waals surface area contributed by atoms with Gasteiger partial charge < -0.3 is 33.9 Å². The highest BCUT2D eigenvalue weighted by molar-refractivity contribution is 7.93. The number of anilines is 2. The van der Waals surface area contributed by atoms with Gasteiger partial charge in [0.25, 0.3) is 20.0 Å². The summed E-state index contributed by atoms with van der Waals surface area (Å²) in [6.07, 6.45) is -0.272. The summed E-state index contributed by atoms with van der Waals surface area (Å²) in [6, 6.07) is 39.9. The van der Waals surface area contributed by atoms with Crippen LogP contribution in [0.4, 0.5) is 11.4 Å². The minimum Gasteiger partial charge on any atom is -0.490 e. The molecule has 0 saturated carbocycles. The van der Waals surface area contributed by atoms with Crippen molar-refractivity contribution in [2.75, 3.05) is 43.0 Å². The van der Waals surface area contributed by atoms with E-state index >= 15 is 0 Å². The van der Waals surface area contributed by atoms with Crippen LogP contribution in [-0.4, -0.2) is 78.5 Å². The molecule has 66 heavy (non-hydrogen) atoms. The van der Waals surface area contributed by atoms with Crippen molar-refractivity contribution in [3.05, 3.63) is 168 Å². The molecule has 0 heterocycles. The van der Waals surface area contributed by atoms with Crippen LogP contribution in [0.1, 0.15) is 27.0 Å². The van der Waals surface area contributed by atoms with Crippen molar-refractivity contribution in [1.29, 1.82) is 5.26 Å². The predicted octanol–water partition coefficient (Wildman–Crippen LogP) is 6.80. The molecule has 0 aromatic heterocycles. The average Bonchev–Trinajstić information content (AvgIpc) is 3.30. The number of hydrogen-bond acceptors (Lipinski definition) is 13. The quantitative estimate of drug-likeness (QED) is 0.0427. The maximum atomic E-state index is 12.8. The second-order valence-electron chi connectivity index (χ2n) is 13.6. The zero-order valence-corrected chi connectivity index (χ0v) is 36.8. The number of nitrogens with one attached hydrogen (secondary N) is 2.